The van der Waals surface area contributed by atoms with Gasteiger partial charge >= 0.3 is 23.9 Å². The number of Topliss-reactive ketones (excluding diaryl/α,β-unsaturated/α-hetero) is 2. The van der Waals surface area contributed by atoms with Crippen molar-refractivity contribution in [2.24, 2.45) is 29.1 Å². The summed E-state index contributed by atoms with van der Waals surface area (Å²) in [4.78, 5) is 79.6. The Morgan fingerprint density at radius 3 is 1.98 bits per heavy atom. The highest BCUT2D eigenvalue weighted by Crippen LogP contribution is 2.49. The molecule has 3 rings (SSSR count). The minimum atomic E-state index is -2.25. The minimum Gasteiger partial charge on any atom is -0.458 e. The van der Waals surface area contributed by atoms with Gasteiger partial charge in [0, 0.05) is 30.8 Å². The second kappa shape index (κ2) is 14.1. The van der Waals surface area contributed by atoms with Crippen LogP contribution in [0.2, 0.25) is 0 Å². The lowest BCUT2D eigenvalue weighted by Gasteiger charge is -2.41. The first-order valence-electron chi connectivity index (χ1n) is 15.3. The third kappa shape index (κ3) is 7.63. The molecule has 0 bridgehead atoms. The van der Waals surface area contributed by atoms with Gasteiger partial charge in [-0.25, -0.2) is 4.79 Å². The Bertz CT molecular complexity index is 1410. The van der Waals surface area contributed by atoms with Crippen molar-refractivity contribution < 1.29 is 52.8 Å². The molecular formula is C35H44O11. The molecule has 1 N–H and O–H groups in total. The Morgan fingerprint density at radius 1 is 0.870 bits per heavy atom. The molecule has 1 aromatic rings. The van der Waals surface area contributed by atoms with Crippen molar-refractivity contribution in [2.75, 3.05) is 0 Å². The fraction of sp³-hybridized carbons (Fsp3) is 0.543. The maximum Gasteiger partial charge on any atom is 0.338 e. The van der Waals surface area contributed by atoms with Crippen molar-refractivity contribution in [3.63, 3.8) is 0 Å². The van der Waals surface area contributed by atoms with Crippen molar-refractivity contribution in [3.8, 4) is 0 Å². The zero-order valence-corrected chi connectivity index (χ0v) is 27.6. The number of allylic oxidation sites excluding steroid dienone is 2. The number of fused-ring (bicyclic) bond motifs is 1. The van der Waals surface area contributed by atoms with Crippen LogP contribution in [0, 0.1) is 29.1 Å². The standard InChI is InChI=1S/C35H44O11/c1-18(2)32(40)46-28-21(5)27(43-22(6)36)25-26(45-33(41)24-13-11-10-12-14-24)20(4)17-35(25,42)30(38)19(3)15-16-34(8,9)31(39)29(28)44-23(7)37/h10-16,18-20,25-29,42H,5,17H2,1-4,6-9H3. The maximum absolute atomic E-state index is 14.1. The summed E-state index contributed by atoms with van der Waals surface area (Å²) >= 11 is 0. The molecule has 2 aliphatic carbocycles. The molecule has 11 heteroatoms. The van der Waals surface area contributed by atoms with E-state index in [0.717, 1.165) is 13.8 Å². The predicted molar refractivity (Wildman–Crippen MR) is 165 cm³/mol. The van der Waals surface area contributed by atoms with Gasteiger partial charge in [0.05, 0.1) is 17.4 Å². The summed E-state index contributed by atoms with van der Waals surface area (Å²) in [5.74, 6) is -8.38. The Labute approximate surface area is 269 Å². The van der Waals surface area contributed by atoms with Crippen LogP contribution in [0.4, 0.5) is 0 Å². The number of carbonyl (C=O) groups is 6. The van der Waals surface area contributed by atoms with Crippen LogP contribution >= 0.6 is 0 Å². The molecule has 250 valence electrons. The van der Waals surface area contributed by atoms with Crippen LogP contribution < -0.4 is 0 Å². The maximum atomic E-state index is 14.1. The number of ether oxygens (including phenoxy) is 4. The smallest absolute Gasteiger partial charge is 0.338 e. The fourth-order valence-corrected chi connectivity index (χ4v) is 6.07. The largest absolute Gasteiger partial charge is 0.458 e. The molecule has 0 spiro atoms. The molecule has 0 aromatic heterocycles. The molecule has 0 saturated heterocycles. The second-order valence-corrected chi connectivity index (χ2v) is 13.1. The summed E-state index contributed by atoms with van der Waals surface area (Å²) in [7, 11) is 0. The Hall–Kier alpha value is -4.12. The number of aliphatic hydroxyl groups is 1. The first kappa shape index (κ1) is 36.3. The molecule has 0 heterocycles. The van der Waals surface area contributed by atoms with Gasteiger partial charge in [-0.1, -0.05) is 64.6 Å². The summed E-state index contributed by atoms with van der Waals surface area (Å²) in [5.41, 5.74) is -3.66. The van der Waals surface area contributed by atoms with Crippen molar-refractivity contribution in [1.82, 2.24) is 0 Å². The molecule has 1 saturated carbocycles. The van der Waals surface area contributed by atoms with Crippen molar-refractivity contribution in [1.29, 1.82) is 0 Å². The molecule has 2 aliphatic rings. The second-order valence-electron chi connectivity index (χ2n) is 13.1. The van der Waals surface area contributed by atoms with Gasteiger partial charge in [0.15, 0.2) is 17.7 Å². The van der Waals surface area contributed by atoms with Gasteiger partial charge in [-0.2, -0.15) is 0 Å². The highest BCUT2D eigenvalue weighted by atomic mass is 16.6. The molecule has 8 atom stereocenters. The molecule has 1 fully saturated rings. The number of esters is 4. The van der Waals surface area contributed by atoms with Gasteiger partial charge in [0.1, 0.15) is 17.8 Å². The quantitative estimate of drug-likeness (QED) is 0.272. The highest BCUT2D eigenvalue weighted by Gasteiger charge is 2.63. The third-order valence-corrected chi connectivity index (χ3v) is 8.52. The predicted octanol–water partition coefficient (Wildman–Crippen LogP) is 3.96. The van der Waals surface area contributed by atoms with Crippen LogP contribution in [0.5, 0.6) is 0 Å². The van der Waals surface area contributed by atoms with Crippen LogP contribution in [0.1, 0.15) is 72.2 Å². The summed E-state index contributed by atoms with van der Waals surface area (Å²) in [6, 6.07) is 8.07. The fourth-order valence-electron chi connectivity index (χ4n) is 6.07. The Kier molecular flexibility index (Phi) is 11.2. The van der Waals surface area contributed by atoms with E-state index in [1.807, 2.05) is 0 Å². The summed E-state index contributed by atoms with van der Waals surface area (Å²) in [6.07, 6.45) is -3.61. The van der Waals surface area contributed by atoms with E-state index in [2.05, 4.69) is 6.58 Å². The van der Waals surface area contributed by atoms with E-state index in [0.29, 0.717) is 0 Å². The van der Waals surface area contributed by atoms with E-state index < -0.39 is 94.5 Å². The molecular weight excluding hydrogens is 596 g/mol. The van der Waals surface area contributed by atoms with Crippen LogP contribution in [0.25, 0.3) is 0 Å². The average Bonchev–Trinajstić information content (AvgIpc) is 3.23. The Morgan fingerprint density at radius 2 is 1.43 bits per heavy atom. The van der Waals surface area contributed by atoms with Crippen molar-refractivity contribution in [3.05, 3.63) is 60.2 Å². The monoisotopic (exact) mass is 640 g/mol. The van der Waals surface area contributed by atoms with E-state index in [4.69, 9.17) is 18.9 Å². The van der Waals surface area contributed by atoms with Gasteiger partial charge in [-0.05, 0) is 38.3 Å². The molecule has 0 aliphatic heterocycles. The summed E-state index contributed by atoms with van der Waals surface area (Å²) < 4.78 is 23.0. The summed E-state index contributed by atoms with van der Waals surface area (Å²) in [6.45, 7) is 15.6. The topological polar surface area (TPSA) is 160 Å². The zero-order chi connectivity index (χ0) is 34.7. The van der Waals surface area contributed by atoms with Crippen molar-refractivity contribution in [2.45, 2.75) is 91.8 Å². The van der Waals surface area contributed by atoms with Gasteiger partial charge in [-0.3, -0.25) is 24.0 Å². The van der Waals surface area contributed by atoms with E-state index in [-0.39, 0.29) is 17.6 Å². The number of carbonyl (C=O) groups excluding carboxylic acids is 6. The van der Waals surface area contributed by atoms with Gasteiger partial charge in [0.2, 0.25) is 6.10 Å². The van der Waals surface area contributed by atoms with Crippen LogP contribution in [0.3, 0.4) is 0 Å². The molecule has 0 amide bonds. The lowest BCUT2D eigenvalue weighted by molar-refractivity contribution is -0.176. The van der Waals surface area contributed by atoms with E-state index in [9.17, 15) is 33.9 Å². The molecule has 8 unspecified atom stereocenters. The molecule has 1 aromatic carbocycles. The molecule has 0 radical (unpaired) electrons. The van der Waals surface area contributed by atoms with E-state index >= 15 is 0 Å². The number of hydrogen-bond acceptors (Lipinski definition) is 11. The van der Waals surface area contributed by atoms with Crippen LogP contribution in [-0.4, -0.2) is 70.6 Å². The number of ketones is 2. The number of rotatable bonds is 6. The first-order valence-corrected chi connectivity index (χ1v) is 15.3. The van der Waals surface area contributed by atoms with Crippen LogP contribution in [-0.2, 0) is 42.9 Å². The number of benzene rings is 1. The van der Waals surface area contributed by atoms with E-state index in [1.54, 1.807) is 45.9 Å². The summed E-state index contributed by atoms with van der Waals surface area (Å²) in [5, 5.41) is 12.3. The first-order chi connectivity index (χ1) is 21.3. The SMILES string of the molecule is C=C1C(OC(=O)C(C)C)C(OC(C)=O)C(=O)C(C)(C)C=CC(C)C(=O)C2(O)CC(C)C(OC(=O)c3ccccc3)C2C1OC(C)=O. The van der Waals surface area contributed by atoms with Gasteiger partial charge in [-0.15, -0.1) is 0 Å². The highest BCUT2D eigenvalue weighted by molar-refractivity contribution is 5.95. The zero-order valence-electron chi connectivity index (χ0n) is 27.6. The lowest BCUT2D eigenvalue weighted by atomic mass is 9.72. The van der Waals surface area contributed by atoms with E-state index in [1.165, 1.54) is 38.1 Å². The normalized spacial score (nSPS) is 31.3. The number of hydrogen-bond donors (Lipinski definition) is 1. The third-order valence-electron chi connectivity index (χ3n) is 8.52. The minimum absolute atomic E-state index is 0.182. The Balaban J connectivity index is 2.34. The van der Waals surface area contributed by atoms with Gasteiger partial charge in [0.25, 0.3) is 0 Å². The van der Waals surface area contributed by atoms with Crippen LogP contribution in [0.15, 0.2) is 54.6 Å². The molecule has 11 nitrogen and oxygen atoms in total. The average molecular weight is 641 g/mol. The lowest BCUT2D eigenvalue weighted by Crippen LogP contribution is -2.57. The molecule has 46 heavy (non-hydrogen) atoms. The van der Waals surface area contributed by atoms with Gasteiger partial charge < -0.3 is 24.1 Å². The van der Waals surface area contributed by atoms with Crippen molar-refractivity contribution >= 4 is 35.4 Å².